The van der Waals surface area contributed by atoms with Crippen LogP contribution in [0.15, 0.2) is 22.8 Å². The summed E-state index contributed by atoms with van der Waals surface area (Å²) in [6.45, 7) is 5.44. The summed E-state index contributed by atoms with van der Waals surface area (Å²) in [5.74, 6) is -0.130. The molecule has 0 radical (unpaired) electrons. The molecule has 120 valence electrons. The minimum absolute atomic E-state index is 0.0132. The van der Waals surface area contributed by atoms with Crippen LogP contribution in [0.4, 0.5) is 0 Å². The zero-order valence-electron chi connectivity index (χ0n) is 12.9. The molecule has 6 nitrogen and oxygen atoms in total. The molecule has 2 amide bonds. The molecule has 0 aromatic carbocycles. The fourth-order valence-corrected chi connectivity index (χ4v) is 3.43. The molecule has 1 aromatic rings. The van der Waals surface area contributed by atoms with Gasteiger partial charge in [0, 0.05) is 19.6 Å². The fraction of sp³-hybridized carbons (Fsp3) is 0.625. The molecule has 3 heterocycles. The first-order valence-electron chi connectivity index (χ1n) is 7.94. The average molecular weight is 305 g/mol. The first kappa shape index (κ1) is 15.1. The van der Waals surface area contributed by atoms with E-state index in [1.165, 1.54) is 12.7 Å². The smallest absolute Gasteiger partial charge is 0.287 e. The van der Waals surface area contributed by atoms with Crippen LogP contribution in [0.25, 0.3) is 0 Å². The summed E-state index contributed by atoms with van der Waals surface area (Å²) in [5.41, 5.74) is 0.386. The number of hydrogen-bond acceptors (Lipinski definition) is 4. The molecule has 2 aliphatic heterocycles. The van der Waals surface area contributed by atoms with E-state index in [1.807, 2.05) is 4.90 Å². The number of nitrogens with zero attached hydrogens (tertiary/aromatic N) is 1. The summed E-state index contributed by atoms with van der Waals surface area (Å²) in [6.07, 6.45) is 4.75. The van der Waals surface area contributed by atoms with Crippen molar-refractivity contribution in [2.45, 2.75) is 32.2 Å². The van der Waals surface area contributed by atoms with Crippen LogP contribution in [0.1, 0.15) is 36.7 Å². The van der Waals surface area contributed by atoms with E-state index in [4.69, 9.17) is 4.42 Å². The van der Waals surface area contributed by atoms with Crippen LogP contribution < -0.4 is 10.6 Å². The zero-order valence-corrected chi connectivity index (χ0v) is 12.9. The Balaban J connectivity index is 1.52. The van der Waals surface area contributed by atoms with Crippen molar-refractivity contribution in [2.75, 3.05) is 26.2 Å². The van der Waals surface area contributed by atoms with Crippen molar-refractivity contribution < 1.29 is 14.0 Å². The van der Waals surface area contributed by atoms with Crippen LogP contribution in [-0.4, -0.2) is 48.9 Å². The second kappa shape index (κ2) is 6.12. The van der Waals surface area contributed by atoms with Crippen LogP contribution >= 0.6 is 0 Å². The molecule has 2 aliphatic rings. The third-order valence-electron chi connectivity index (χ3n) is 4.93. The Bertz CT molecular complexity index is 525. The second-order valence-corrected chi connectivity index (χ2v) is 6.42. The predicted molar refractivity (Wildman–Crippen MR) is 81.4 cm³/mol. The van der Waals surface area contributed by atoms with Gasteiger partial charge in [-0.1, -0.05) is 0 Å². The lowest BCUT2D eigenvalue weighted by atomic mass is 9.78. The van der Waals surface area contributed by atoms with Gasteiger partial charge in [0.2, 0.25) is 5.91 Å². The van der Waals surface area contributed by atoms with Gasteiger partial charge in [-0.2, -0.15) is 0 Å². The molecule has 1 atom stereocenters. The number of carbonyl (C=O) groups excluding carboxylic acids is 2. The van der Waals surface area contributed by atoms with Crippen molar-refractivity contribution >= 4 is 11.8 Å². The lowest BCUT2D eigenvalue weighted by Gasteiger charge is -2.39. The monoisotopic (exact) mass is 305 g/mol. The summed E-state index contributed by atoms with van der Waals surface area (Å²) in [6, 6.07) is 2.71. The number of hydrogen-bond donors (Lipinski definition) is 2. The van der Waals surface area contributed by atoms with Gasteiger partial charge in [0.15, 0.2) is 5.76 Å². The van der Waals surface area contributed by atoms with E-state index in [-0.39, 0.29) is 17.6 Å². The van der Waals surface area contributed by atoms with Crippen molar-refractivity contribution in [3.8, 4) is 0 Å². The van der Waals surface area contributed by atoms with Gasteiger partial charge >= 0.3 is 0 Å². The van der Waals surface area contributed by atoms with Gasteiger partial charge in [0.05, 0.1) is 6.26 Å². The number of likely N-dealkylation sites (tertiary alicyclic amines) is 1. The van der Waals surface area contributed by atoms with Crippen LogP contribution in [0.3, 0.4) is 0 Å². The molecule has 2 saturated heterocycles. The Morgan fingerprint density at radius 1 is 1.36 bits per heavy atom. The number of amides is 2. The lowest BCUT2D eigenvalue weighted by molar-refractivity contribution is -0.135. The van der Waals surface area contributed by atoms with Gasteiger partial charge in [-0.3, -0.25) is 9.59 Å². The summed E-state index contributed by atoms with van der Waals surface area (Å²) >= 11 is 0. The van der Waals surface area contributed by atoms with E-state index in [0.29, 0.717) is 5.41 Å². The third-order valence-corrected chi connectivity index (χ3v) is 4.93. The number of rotatable bonds is 3. The maximum absolute atomic E-state index is 12.5. The number of furan rings is 1. The maximum atomic E-state index is 12.5. The minimum atomic E-state index is -0.534. The normalized spacial score (nSPS) is 21.8. The molecule has 1 spiro atoms. The average Bonchev–Trinajstić information content (AvgIpc) is 3.19. The SMILES string of the molecule is CC(NC(=O)c1ccco1)C(=O)N1CCC2(CCNC2)CC1. The van der Waals surface area contributed by atoms with Crippen LogP contribution in [0.2, 0.25) is 0 Å². The molecule has 0 bridgehead atoms. The van der Waals surface area contributed by atoms with Crippen molar-refractivity contribution in [1.29, 1.82) is 0 Å². The van der Waals surface area contributed by atoms with Crippen molar-refractivity contribution in [3.63, 3.8) is 0 Å². The Morgan fingerprint density at radius 3 is 2.73 bits per heavy atom. The van der Waals surface area contributed by atoms with Crippen molar-refractivity contribution in [3.05, 3.63) is 24.2 Å². The van der Waals surface area contributed by atoms with E-state index >= 15 is 0 Å². The number of nitrogens with one attached hydrogen (secondary N) is 2. The summed E-state index contributed by atoms with van der Waals surface area (Å²) in [7, 11) is 0. The molecule has 0 saturated carbocycles. The highest BCUT2D eigenvalue weighted by Gasteiger charge is 2.38. The molecule has 2 N–H and O–H groups in total. The third kappa shape index (κ3) is 3.02. The van der Waals surface area contributed by atoms with E-state index < -0.39 is 6.04 Å². The van der Waals surface area contributed by atoms with Gasteiger partial charge in [-0.15, -0.1) is 0 Å². The van der Waals surface area contributed by atoms with E-state index in [2.05, 4.69) is 10.6 Å². The molecule has 0 aliphatic carbocycles. The van der Waals surface area contributed by atoms with E-state index in [9.17, 15) is 9.59 Å². The van der Waals surface area contributed by atoms with Crippen LogP contribution in [0, 0.1) is 5.41 Å². The summed E-state index contributed by atoms with van der Waals surface area (Å²) in [5, 5.41) is 6.12. The Hall–Kier alpha value is -1.82. The highest BCUT2D eigenvalue weighted by Crippen LogP contribution is 2.36. The van der Waals surface area contributed by atoms with Crippen molar-refractivity contribution in [1.82, 2.24) is 15.5 Å². The van der Waals surface area contributed by atoms with E-state index in [0.717, 1.165) is 39.0 Å². The quantitative estimate of drug-likeness (QED) is 0.873. The number of carbonyl (C=O) groups is 2. The van der Waals surface area contributed by atoms with Crippen LogP contribution in [-0.2, 0) is 4.79 Å². The highest BCUT2D eigenvalue weighted by atomic mass is 16.3. The predicted octanol–water partition coefficient (Wildman–Crippen LogP) is 1.000. The molecule has 1 aromatic heterocycles. The topological polar surface area (TPSA) is 74.6 Å². The molecular formula is C16H23N3O3. The Morgan fingerprint density at radius 2 is 2.14 bits per heavy atom. The highest BCUT2D eigenvalue weighted by molar-refractivity contribution is 5.95. The molecule has 3 rings (SSSR count). The number of piperidine rings is 1. The molecule has 22 heavy (non-hydrogen) atoms. The van der Waals surface area contributed by atoms with Crippen molar-refractivity contribution in [2.24, 2.45) is 5.41 Å². The van der Waals surface area contributed by atoms with Gasteiger partial charge in [-0.05, 0) is 50.3 Å². The van der Waals surface area contributed by atoms with Gasteiger partial charge in [0.1, 0.15) is 6.04 Å². The molecular weight excluding hydrogens is 282 g/mol. The van der Waals surface area contributed by atoms with Gasteiger partial charge in [0.25, 0.3) is 5.91 Å². The lowest BCUT2D eigenvalue weighted by Crippen LogP contribution is -2.51. The minimum Gasteiger partial charge on any atom is -0.459 e. The first-order valence-corrected chi connectivity index (χ1v) is 7.94. The first-order chi connectivity index (χ1) is 10.6. The van der Waals surface area contributed by atoms with Gasteiger partial charge < -0.3 is 20.0 Å². The van der Waals surface area contributed by atoms with Crippen LogP contribution in [0.5, 0.6) is 0 Å². The fourth-order valence-electron chi connectivity index (χ4n) is 3.43. The Labute approximate surface area is 130 Å². The second-order valence-electron chi connectivity index (χ2n) is 6.42. The summed E-state index contributed by atoms with van der Waals surface area (Å²) < 4.78 is 5.04. The standard InChI is InChI=1S/C16H23N3O3/c1-12(18-14(20)13-3-2-10-22-13)15(21)19-8-5-16(6-9-19)4-7-17-11-16/h2-3,10,12,17H,4-9,11H2,1H3,(H,18,20). The summed E-state index contributed by atoms with van der Waals surface area (Å²) in [4.78, 5) is 26.3. The largest absolute Gasteiger partial charge is 0.459 e. The molecule has 1 unspecified atom stereocenters. The molecule has 6 heteroatoms. The zero-order chi connectivity index (χ0) is 15.6. The van der Waals surface area contributed by atoms with Gasteiger partial charge in [-0.25, -0.2) is 0 Å². The van der Waals surface area contributed by atoms with E-state index in [1.54, 1.807) is 19.1 Å². The maximum Gasteiger partial charge on any atom is 0.287 e. The Kier molecular flexibility index (Phi) is 4.20. The molecule has 2 fully saturated rings.